The zero-order valence-electron chi connectivity index (χ0n) is 29.1. The van der Waals surface area contributed by atoms with Crippen LogP contribution in [0.3, 0.4) is 0 Å². The van der Waals surface area contributed by atoms with Crippen molar-refractivity contribution < 1.29 is 57.1 Å². The van der Waals surface area contributed by atoms with Crippen LogP contribution in [0.25, 0.3) is 21.5 Å². The van der Waals surface area contributed by atoms with E-state index in [1.54, 1.807) is 39.8 Å². The van der Waals surface area contributed by atoms with Crippen molar-refractivity contribution in [3.8, 4) is 23.0 Å². The number of carbonyl (C=O) groups is 4. The first kappa shape index (κ1) is 36.5. The second-order valence-corrected chi connectivity index (χ2v) is 11.8. The minimum Gasteiger partial charge on any atom is -0.478 e. The molecule has 1 saturated heterocycles. The zero-order valence-corrected chi connectivity index (χ0v) is 29.1. The standard InChI is InChI=1S/C37H45NO12/c1-5-43-34(39)19-47-30-14-25-24-13-23-11-9-10-12-38(23)18-29(24)28-17-33(50-22-37(42)46-8-4)32(49-21-36(41)45-7-3)16-27(28)26(25)15-31(30)48-20-35(40)44-6-2/h14-17,23H,5-13,18-22H2,1-4H3. The summed E-state index contributed by atoms with van der Waals surface area (Å²) in [5.41, 5.74) is 2.20. The molecule has 0 bridgehead atoms. The van der Waals surface area contributed by atoms with Crippen LogP contribution < -0.4 is 18.9 Å². The SMILES string of the molecule is CCOC(=O)COc1cc2c3c(c4cc(OCC(=O)OCC)c(OCC(=O)OCC)cc4c2cc1OCC(=O)OCC)CN1CCCCC1C3. The monoisotopic (exact) mass is 695 g/mol. The summed E-state index contributed by atoms with van der Waals surface area (Å²) in [5, 5.41) is 3.28. The van der Waals surface area contributed by atoms with E-state index in [2.05, 4.69) is 4.90 Å². The maximum absolute atomic E-state index is 12.3. The Hall–Kier alpha value is -4.78. The van der Waals surface area contributed by atoms with Gasteiger partial charge in [0.25, 0.3) is 0 Å². The molecular formula is C37H45NO12. The second-order valence-electron chi connectivity index (χ2n) is 11.8. The fourth-order valence-electron chi connectivity index (χ4n) is 6.55. The lowest BCUT2D eigenvalue weighted by Gasteiger charge is -2.41. The number of hydrogen-bond donors (Lipinski definition) is 0. The minimum absolute atomic E-state index is 0.190. The quantitative estimate of drug-likeness (QED) is 0.116. The largest absolute Gasteiger partial charge is 0.478 e. The summed E-state index contributed by atoms with van der Waals surface area (Å²) in [6.45, 7) is 7.82. The molecule has 0 amide bonds. The van der Waals surface area contributed by atoms with Gasteiger partial charge in [-0.15, -0.1) is 0 Å². The smallest absolute Gasteiger partial charge is 0.344 e. The highest BCUT2D eigenvalue weighted by Crippen LogP contribution is 2.46. The predicted octanol–water partition coefficient (Wildman–Crippen LogP) is 4.67. The van der Waals surface area contributed by atoms with Crippen molar-refractivity contribution >= 4 is 45.4 Å². The van der Waals surface area contributed by atoms with Crippen molar-refractivity contribution in [1.29, 1.82) is 0 Å². The molecule has 1 atom stereocenters. The van der Waals surface area contributed by atoms with Crippen molar-refractivity contribution in [1.82, 2.24) is 4.90 Å². The molecule has 3 aromatic carbocycles. The molecule has 0 radical (unpaired) electrons. The van der Waals surface area contributed by atoms with Gasteiger partial charge in [-0.05, 0) is 110 Å². The summed E-state index contributed by atoms with van der Waals surface area (Å²) in [6.07, 6.45) is 4.11. The van der Waals surface area contributed by atoms with Crippen LogP contribution in [0.4, 0.5) is 0 Å². The molecule has 2 heterocycles. The summed E-state index contributed by atoms with van der Waals surface area (Å²) >= 11 is 0. The minimum atomic E-state index is -0.562. The Kier molecular flexibility index (Phi) is 12.6. The number of fused-ring (bicyclic) bond motifs is 7. The molecule has 1 fully saturated rings. The second kappa shape index (κ2) is 17.2. The molecule has 0 N–H and O–H groups in total. The van der Waals surface area contributed by atoms with Gasteiger partial charge in [-0.2, -0.15) is 0 Å². The third kappa shape index (κ3) is 8.68. The lowest BCUT2D eigenvalue weighted by Crippen LogP contribution is -2.43. The fraction of sp³-hybridized carbons (Fsp3) is 0.514. The molecule has 3 aromatic rings. The fourth-order valence-corrected chi connectivity index (χ4v) is 6.55. The first-order chi connectivity index (χ1) is 24.3. The van der Waals surface area contributed by atoms with Gasteiger partial charge in [0.15, 0.2) is 49.4 Å². The lowest BCUT2D eigenvalue weighted by molar-refractivity contribution is -0.146. The van der Waals surface area contributed by atoms with E-state index in [0.29, 0.717) is 12.6 Å². The van der Waals surface area contributed by atoms with Gasteiger partial charge < -0.3 is 37.9 Å². The van der Waals surface area contributed by atoms with Gasteiger partial charge in [-0.1, -0.05) is 6.42 Å². The van der Waals surface area contributed by atoms with E-state index in [-0.39, 0.29) is 75.9 Å². The molecule has 2 aliphatic heterocycles. The van der Waals surface area contributed by atoms with E-state index in [1.165, 1.54) is 0 Å². The van der Waals surface area contributed by atoms with Gasteiger partial charge in [0, 0.05) is 12.6 Å². The summed E-state index contributed by atoms with van der Waals surface area (Å²) in [4.78, 5) is 51.7. The van der Waals surface area contributed by atoms with Crippen LogP contribution in [0.15, 0.2) is 24.3 Å². The van der Waals surface area contributed by atoms with E-state index in [9.17, 15) is 19.2 Å². The summed E-state index contributed by atoms with van der Waals surface area (Å²) in [6, 6.07) is 7.58. The van der Waals surface area contributed by atoms with Crippen LogP contribution in [0.5, 0.6) is 23.0 Å². The maximum Gasteiger partial charge on any atom is 0.344 e. The van der Waals surface area contributed by atoms with Gasteiger partial charge >= 0.3 is 23.9 Å². The van der Waals surface area contributed by atoms with Gasteiger partial charge in [-0.3, -0.25) is 4.90 Å². The Morgan fingerprint density at radius 1 is 0.560 bits per heavy atom. The number of benzene rings is 3. The number of nitrogens with zero attached hydrogens (tertiary/aromatic N) is 1. The molecule has 270 valence electrons. The van der Waals surface area contributed by atoms with Gasteiger partial charge in [0.05, 0.1) is 26.4 Å². The summed E-state index contributed by atoms with van der Waals surface area (Å²) < 4.78 is 44.1. The maximum atomic E-state index is 12.3. The number of ether oxygens (including phenoxy) is 8. The molecule has 13 heteroatoms. The molecule has 0 aromatic heterocycles. The Morgan fingerprint density at radius 2 is 0.940 bits per heavy atom. The van der Waals surface area contributed by atoms with Crippen molar-refractivity contribution in [2.24, 2.45) is 0 Å². The van der Waals surface area contributed by atoms with E-state index in [1.807, 2.05) is 12.1 Å². The lowest BCUT2D eigenvalue weighted by atomic mass is 9.82. The molecule has 0 aliphatic carbocycles. The van der Waals surface area contributed by atoms with Crippen LogP contribution in [0.1, 0.15) is 58.1 Å². The van der Waals surface area contributed by atoms with Crippen LogP contribution in [-0.2, 0) is 51.1 Å². The molecule has 50 heavy (non-hydrogen) atoms. The van der Waals surface area contributed by atoms with E-state index >= 15 is 0 Å². The van der Waals surface area contributed by atoms with Crippen molar-refractivity contribution in [2.45, 2.75) is 66.0 Å². The predicted molar refractivity (Wildman–Crippen MR) is 182 cm³/mol. The highest BCUT2D eigenvalue weighted by atomic mass is 16.6. The average Bonchev–Trinajstić information content (AvgIpc) is 3.11. The molecule has 0 spiro atoms. The summed E-state index contributed by atoms with van der Waals surface area (Å²) in [5.74, 6) is -1.22. The third-order valence-corrected chi connectivity index (χ3v) is 8.63. The first-order valence-electron chi connectivity index (χ1n) is 17.2. The molecule has 2 aliphatic rings. The van der Waals surface area contributed by atoms with Crippen LogP contribution in [-0.4, -0.2) is 94.2 Å². The van der Waals surface area contributed by atoms with Crippen LogP contribution in [0.2, 0.25) is 0 Å². The highest BCUT2D eigenvalue weighted by Gasteiger charge is 2.32. The molecular weight excluding hydrogens is 650 g/mol. The highest BCUT2D eigenvalue weighted by molar-refractivity contribution is 6.13. The number of piperidine rings is 1. The zero-order chi connectivity index (χ0) is 35.6. The van der Waals surface area contributed by atoms with E-state index in [4.69, 9.17) is 37.9 Å². The van der Waals surface area contributed by atoms with E-state index < -0.39 is 23.9 Å². The van der Waals surface area contributed by atoms with Crippen molar-refractivity contribution in [3.63, 3.8) is 0 Å². The Labute approximate surface area is 290 Å². The topological polar surface area (TPSA) is 145 Å². The third-order valence-electron chi connectivity index (χ3n) is 8.63. The average molecular weight is 696 g/mol. The summed E-state index contributed by atoms with van der Waals surface area (Å²) in [7, 11) is 0. The number of hydrogen-bond acceptors (Lipinski definition) is 13. The Balaban J connectivity index is 1.71. The normalized spacial score (nSPS) is 15.4. The number of esters is 4. The molecule has 5 rings (SSSR count). The number of rotatable bonds is 16. The van der Waals surface area contributed by atoms with Gasteiger partial charge in [-0.25, -0.2) is 19.2 Å². The van der Waals surface area contributed by atoms with E-state index in [0.717, 1.165) is 64.9 Å². The Bertz CT molecular complexity index is 1600. The van der Waals surface area contributed by atoms with Crippen LogP contribution in [0, 0.1) is 0 Å². The van der Waals surface area contributed by atoms with Crippen LogP contribution >= 0.6 is 0 Å². The Morgan fingerprint density at radius 3 is 1.34 bits per heavy atom. The van der Waals surface area contributed by atoms with Gasteiger partial charge in [0.1, 0.15) is 0 Å². The van der Waals surface area contributed by atoms with Crippen molar-refractivity contribution in [3.05, 3.63) is 35.4 Å². The number of carbonyl (C=O) groups excluding carboxylic acids is 4. The molecule has 13 nitrogen and oxygen atoms in total. The van der Waals surface area contributed by atoms with Gasteiger partial charge in [0.2, 0.25) is 0 Å². The molecule has 0 saturated carbocycles. The first-order valence-corrected chi connectivity index (χ1v) is 17.2. The molecule has 1 unspecified atom stereocenters. The van der Waals surface area contributed by atoms with Crippen molar-refractivity contribution in [2.75, 3.05) is 59.4 Å².